The van der Waals surface area contributed by atoms with Gasteiger partial charge in [0.2, 0.25) is 5.89 Å². The minimum atomic E-state index is -0.599. The summed E-state index contributed by atoms with van der Waals surface area (Å²) in [7, 11) is 0. The predicted molar refractivity (Wildman–Crippen MR) is 68.2 cm³/mol. The third-order valence-electron chi connectivity index (χ3n) is 3.68. The largest absolute Gasteiger partial charge is 0.339 e. The third kappa shape index (κ3) is 2.70. The van der Waals surface area contributed by atoms with Crippen LogP contribution in [0.3, 0.4) is 0 Å². The zero-order valence-corrected chi connectivity index (χ0v) is 11.1. The molecule has 1 aromatic heterocycles. The van der Waals surface area contributed by atoms with Crippen molar-refractivity contribution in [2.45, 2.75) is 19.3 Å². The van der Waals surface area contributed by atoms with Crippen molar-refractivity contribution in [3.05, 3.63) is 47.1 Å². The maximum atomic E-state index is 13.1. The number of nitrogens with zero attached hydrogens (tertiary/aromatic N) is 2. The van der Waals surface area contributed by atoms with Crippen LogP contribution in [0.25, 0.3) is 0 Å². The fourth-order valence-corrected chi connectivity index (χ4v) is 2.29. The highest BCUT2D eigenvalue weighted by Crippen LogP contribution is 2.25. The minimum absolute atomic E-state index is 0.196. The molecular formula is C14H15F2N3O. The lowest BCUT2D eigenvalue weighted by Crippen LogP contribution is -2.44. The highest BCUT2D eigenvalue weighted by Gasteiger charge is 2.28. The fourth-order valence-electron chi connectivity index (χ4n) is 2.29. The van der Waals surface area contributed by atoms with Gasteiger partial charge in [0.1, 0.15) is 11.6 Å². The van der Waals surface area contributed by atoms with Crippen molar-refractivity contribution in [2.24, 2.45) is 5.92 Å². The first-order chi connectivity index (χ1) is 9.61. The number of halogens is 2. The van der Waals surface area contributed by atoms with E-state index >= 15 is 0 Å². The molecule has 2 heterocycles. The van der Waals surface area contributed by atoms with Crippen LogP contribution >= 0.6 is 0 Å². The summed E-state index contributed by atoms with van der Waals surface area (Å²) in [6.07, 6.45) is 0.258. The molecule has 0 saturated carbocycles. The van der Waals surface area contributed by atoms with E-state index in [0.717, 1.165) is 19.2 Å². The summed E-state index contributed by atoms with van der Waals surface area (Å²) in [5, 5.41) is 7.08. The molecule has 1 N–H and O–H groups in total. The van der Waals surface area contributed by atoms with Crippen LogP contribution in [0.1, 0.15) is 30.1 Å². The van der Waals surface area contributed by atoms with Crippen LogP contribution < -0.4 is 5.32 Å². The molecule has 4 nitrogen and oxygen atoms in total. The van der Waals surface area contributed by atoms with Gasteiger partial charge in [0.25, 0.3) is 0 Å². The molecule has 6 heteroatoms. The number of hydrogen-bond donors (Lipinski definition) is 1. The molecule has 0 spiro atoms. The second-order valence-electron chi connectivity index (χ2n) is 5.21. The number of aromatic nitrogens is 2. The molecule has 3 rings (SSSR count). The van der Waals surface area contributed by atoms with Gasteiger partial charge >= 0.3 is 0 Å². The molecule has 1 aliphatic rings. The van der Waals surface area contributed by atoms with Crippen LogP contribution in [0, 0.1) is 17.6 Å². The van der Waals surface area contributed by atoms with Crippen LogP contribution in [-0.4, -0.2) is 23.2 Å². The van der Waals surface area contributed by atoms with Gasteiger partial charge in [-0.25, -0.2) is 8.78 Å². The van der Waals surface area contributed by atoms with Gasteiger partial charge in [-0.3, -0.25) is 0 Å². The Morgan fingerprint density at radius 2 is 2.00 bits per heavy atom. The molecule has 1 atom stereocenters. The van der Waals surface area contributed by atoms with Gasteiger partial charge in [0.15, 0.2) is 5.82 Å². The van der Waals surface area contributed by atoms with Crippen molar-refractivity contribution < 1.29 is 13.3 Å². The van der Waals surface area contributed by atoms with Gasteiger partial charge in [-0.2, -0.15) is 4.98 Å². The van der Waals surface area contributed by atoms with Crippen molar-refractivity contribution in [3.63, 3.8) is 0 Å². The summed E-state index contributed by atoms with van der Waals surface area (Å²) in [6, 6.07) is 3.40. The number of hydrogen-bond acceptors (Lipinski definition) is 4. The Morgan fingerprint density at radius 1 is 1.30 bits per heavy atom. The second kappa shape index (κ2) is 5.28. The molecule has 0 amide bonds. The summed E-state index contributed by atoms with van der Waals surface area (Å²) in [5.41, 5.74) is 0.493. The summed E-state index contributed by atoms with van der Waals surface area (Å²) in [4.78, 5) is 4.32. The van der Waals surface area contributed by atoms with Crippen LogP contribution in [-0.2, 0) is 6.42 Å². The second-order valence-corrected chi connectivity index (χ2v) is 5.21. The molecule has 1 aliphatic heterocycles. The van der Waals surface area contributed by atoms with Crippen molar-refractivity contribution in [3.8, 4) is 0 Å². The standard InChI is InChI=1S/C14H15F2N3O/c1-8(10-6-17-7-10)14-18-13(19-20-14)4-9-2-11(15)5-12(16)3-9/h2-3,5,8,10,17H,4,6-7H2,1H3. The number of rotatable bonds is 4. The van der Waals surface area contributed by atoms with E-state index in [1.54, 1.807) is 0 Å². The predicted octanol–water partition coefficient (Wildman–Crippen LogP) is 2.26. The highest BCUT2D eigenvalue weighted by molar-refractivity contribution is 5.21. The van der Waals surface area contributed by atoms with Gasteiger partial charge in [-0.15, -0.1) is 0 Å². The Bertz CT molecular complexity index is 590. The first kappa shape index (κ1) is 13.2. The molecule has 2 aromatic rings. The van der Waals surface area contributed by atoms with E-state index in [1.165, 1.54) is 12.1 Å². The average molecular weight is 279 g/mol. The summed E-state index contributed by atoms with van der Waals surface area (Å²) in [6.45, 7) is 3.95. The van der Waals surface area contributed by atoms with E-state index in [1.807, 2.05) is 6.92 Å². The van der Waals surface area contributed by atoms with Crippen LogP contribution in [0.5, 0.6) is 0 Å². The SMILES string of the molecule is CC(c1nc(Cc2cc(F)cc(F)c2)no1)C1CNC1. The van der Waals surface area contributed by atoms with E-state index in [4.69, 9.17) is 4.52 Å². The summed E-state index contributed by atoms with van der Waals surface area (Å²) < 4.78 is 31.5. The van der Waals surface area contributed by atoms with E-state index in [-0.39, 0.29) is 12.3 Å². The molecule has 1 fully saturated rings. The highest BCUT2D eigenvalue weighted by atomic mass is 19.1. The summed E-state index contributed by atoms with van der Waals surface area (Å²) in [5.74, 6) is 0.541. The van der Waals surface area contributed by atoms with E-state index in [0.29, 0.717) is 23.2 Å². The normalized spacial score (nSPS) is 16.9. The number of nitrogens with one attached hydrogen (secondary N) is 1. The van der Waals surface area contributed by atoms with Gasteiger partial charge in [0, 0.05) is 18.4 Å². The summed E-state index contributed by atoms with van der Waals surface area (Å²) >= 11 is 0. The Kier molecular flexibility index (Phi) is 3.48. The molecule has 0 aliphatic carbocycles. The minimum Gasteiger partial charge on any atom is -0.339 e. The van der Waals surface area contributed by atoms with E-state index in [9.17, 15) is 8.78 Å². The average Bonchev–Trinajstić information content (AvgIpc) is 2.73. The van der Waals surface area contributed by atoms with Crippen molar-refractivity contribution in [1.29, 1.82) is 0 Å². The Balaban J connectivity index is 1.73. The van der Waals surface area contributed by atoms with Gasteiger partial charge in [-0.05, 0) is 36.7 Å². The maximum absolute atomic E-state index is 13.1. The molecular weight excluding hydrogens is 264 g/mol. The molecule has 0 bridgehead atoms. The van der Waals surface area contributed by atoms with Crippen molar-refractivity contribution in [2.75, 3.05) is 13.1 Å². The van der Waals surface area contributed by atoms with Crippen molar-refractivity contribution in [1.82, 2.24) is 15.5 Å². The zero-order valence-electron chi connectivity index (χ0n) is 11.1. The van der Waals surface area contributed by atoms with Gasteiger partial charge in [0.05, 0.1) is 0 Å². The monoisotopic (exact) mass is 279 g/mol. The van der Waals surface area contributed by atoms with Gasteiger partial charge in [-0.1, -0.05) is 12.1 Å². The Hall–Kier alpha value is -1.82. The molecule has 1 aromatic carbocycles. The lowest BCUT2D eigenvalue weighted by molar-refractivity contribution is 0.252. The molecule has 1 saturated heterocycles. The Labute approximate surface area is 115 Å². The first-order valence-electron chi connectivity index (χ1n) is 6.60. The molecule has 0 radical (unpaired) electrons. The lowest BCUT2D eigenvalue weighted by Gasteiger charge is -2.30. The van der Waals surface area contributed by atoms with Gasteiger partial charge < -0.3 is 9.84 Å². The molecule has 20 heavy (non-hydrogen) atoms. The quantitative estimate of drug-likeness (QED) is 0.932. The van der Waals surface area contributed by atoms with Crippen LogP contribution in [0.4, 0.5) is 8.78 Å². The van der Waals surface area contributed by atoms with Crippen LogP contribution in [0.2, 0.25) is 0 Å². The van der Waals surface area contributed by atoms with E-state index < -0.39 is 11.6 Å². The molecule has 1 unspecified atom stereocenters. The van der Waals surface area contributed by atoms with E-state index in [2.05, 4.69) is 15.5 Å². The third-order valence-corrected chi connectivity index (χ3v) is 3.68. The van der Waals surface area contributed by atoms with Crippen LogP contribution in [0.15, 0.2) is 22.7 Å². The number of benzene rings is 1. The first-order valence-corrected chi connectivity index (χ1v) is 6.60. The topological polar surface area (TPSA) is 51.0 Å². The zero-order chi connectivity index (χ0) is 14.1. The maximum Gasteiger partial charge on any atom is 0.229 e. The lowest BCUT2D eigenvalue weighted by atomic mass is 9.89. The van der Waals surface area contributed by atoms with Crippen molar-refractivity contribution >= 4 is 0 Å². The Morgan fingerprint density at radius 3 is 2.60 bits per heavy atom. The fraction of sp³-hybridized carbons (Fsp3) is 0.429. The molecule has 106 valence electrons. The smallest absolute Gasteiger partial charge is 0.229 e.